The van der Waals surface area contributed by atoms with Gasteiger partial charge >= 0.3 is 0 Å². The molecule has 1 aliphatic heterocycles. The highest BCUT2D eigenvalue weighted by molar-refractivity contribution is 5.79. The van der Waals surface area contributed by atoms with E-state index in [9.17, 15) is 0 Å². The van der Waals surface area contributed by atoms with Gasteiger partial charge in [-0.15, -0.1) is 0 Å². The molecular formula is C23H33N5O. The Morgan fingerprint density at radius 1 is 1.03 bits per heavy atom. The summed E-state index contributed by atoms with van der Waals surface area (Å²) in [6.07, 6.45) is 5.79. The third-order valence-electron chi connectivity index (χ3n) is 5.11. The molecule has 0 saturated carbocycles. The third-order valence-corrected chi connectivity index (χ3v) is 5.11. The summed E-state index contributed by atoms with van der Waals surface area (Å²) in [5, 5.41) is 6.72. The lowest BCUT2D eigenvalue weighted by molar-refractivity contribution is 0.221. The maximum absolute atomic E-state index is 5.18. The molecule has 29 heavy (non-hydrogen) atoms. The number of aliphatic imine (C=N–C) groups is 1. The molecule has 1 aromatic carbocycles. The van der Waals surface area contributed by atoms with Gasteiger partial charge in [0.2, 0.25) is 5.88 Å². The first-order valence-corrected chi connectivity index (χ1v) is 10.6. The van der Waals surface area contributed by atoms with Crippen molar-refractivity contribution in [3.8, 4) is 5.88 Å². The zero-order valence-corrected chi connectivity index (χ0v) is 17.7. The van der Waals surface area contributed by atoms with Crippen LogP contribution in [0.1, 0.15) is 42.9 Å². The predicted octanol–water partition coefficient (Wildman–Crippen LogP) is 3.33. The normalized spacial score (nSPS) is 15.2. The van der Waals surface area contributed by atoms with Crippen molar-refractivity contribution in [2.45, 2.75) is 45.8 Å². The van der Waals surface area contributed by atoms with E-state index in [1.807, 2.05) is 12.1 Å². The number of pyridine rings is 1. The van der Waals surface area contributed by atoms with Gasteiger partial charge in [-0.05, 0) is 55.6 Å². The number of guanidine groups is 1. The maximum atomic E-state index is 5.18. The summed E-state index contributed by atoms with van der Waals surface area (Å²) in [5.41, 5.74) is 3.71. The van der Waals surface area contributed by atoms with E-state index in [1.165, 1.54) is 43.5 Å². The van der Waals surface area contributed by atoms with Gasteiger partial charge < -0.3 is 15.4 Å². The fourth-order valence-electron chi connectivity index (χ4n) is 3.50. The summed E-state index contributed by atoms with van der Waals surface area (Å²) in [6.45, 7) is 7.73. The number of nitrogens with zero attached hydrogens (tertiary/aromatic N) is 3. The van der Waals surface area contributed by atoms with Gasteiger partial charge in [0.1, 0.15) is 0 Å². The fourth-order valence-corrected chi connectivity index (χ4v) is 3.50. The van der Waals surface area contributed by atoms with Crippen molar-refractivity contribution in [1.82, 2.24) is 20.5 Å². The summed E-state index contributed by atoms with van der Waals surface area (Å²) < 4.78 is 5.18. The number of hydrogen-bond acceptors (Lipinski definition) is 4. The topological polar surface area (TPSA) is 61.8 Å². The van der Waals surface area contributed by atoms with Gasteiger partial charge in [-0.25, -0.2) is 9.98 Å². The van der Waals surface area contributed by atoms with E-state index in [4.69, 9.17) is 4.74 Å². The van der Waals surface area contributed by atoms with Gasteiger partial charge in [0, 0.05) is 31.9 Å². The fraction of sp³-hybridized carbons (Fsp3) is 0.478. The van der Waals surface area contributed by atoms with Gasteiger partial charge in [-0.3, -0.25) is 4.90 Å². The van der Waals surface area contributed by atoms with Crippen LogP contribution in [0.3, 0.4) is 0 Å². The van der Waals surface area contributed by atoms with Crippen LogP contribution < -0.4 is 15.4 Å². The minimum absolute atomic E-state index is 0.572. The van der Waals surface area contributed by atoms with E-state index in [1.54, 1.807) is 13.3 Å². The average molecular weight is 396 g/mol. The number of likely N-dealkylation sites (tertiary alicyclic amines) is 1. The minimum atomic E-state index is 0.572. The number of aromatic nitrogens is 1. The second kappa shape index (κ2) is 11.4. The van der Waals surface area contributed by atoms with Crippen LogP contribution in [-0.4, -0.2) is 42.6 Å². The number of methoxy groups -OCH3 is 1. The zero-order valence-electron chi connectivity index (χ0n) is 17.7. The minimum Gasteiger partial charge on any atom is -0.481 e. The number of ether oxygens (including phenoxy) is 1. The smallest absolute Gasteiger partial charge is 0.213 e. The number of hydrogen-bond donors (Lipinski definition) is 2. The summed E-state index contributed by atoms with van der Waals surface area (Å²) in [4.78, 5) is 11.4. The van der Waals surface area contributed by atoms with Gasteiger partial charge in [0.15, 0.2) is 5.96 Å². The SMILES string of the molecule is CCNC(=NCc1ccnc(OC)c1)NCc1ccc(CN2CCCCC2)cc1. The van der Waals surface area contributed by atoms with E-state index < -0.39 is 0 Å². The molecular weight excluding hydrogens is 362 g/mol. The molecule has 1 saturated heterocycles. The van der Waals surface area contributed by atoms with Crippen molar-refractivity contribution in [3.63, 3.8) is 0 Å². The third kappa shape index (κ3) is 7.06. The van der Waals surface area contributed by atoms with E-state index >= 15 is 0 Å². The Bertz CT molecular complexity index is 769. The van der Waals surface area contributed by atoms with E-state index in [-0.39, 0.29) is 0 Å². The van der Waals surface area contributed by atoms with Crippen LogP contribution in [0.5, 0.6) is 5.88 Å². The molecule has 2 N–H and O–H groups in total. The van der Waals surface area contributed by atoms with Crippen LogP contribution in [0.2, 0.25) is 0 Å². The Morgan fingerprint density at radius 2 is 1.79 bits per heavy atom. The van der Waals surface area contributed by atoms with Crippen LogP contribution in [0, 0.1) is 0 Å². The van der Waals surface area contributed by atoms with Crippen LogP contribution in [0.4, 0.5) is 0 Å². The van der Waals surface area contributed by atoms with Crippen molar-refractivity contribution >= 4 is 5.96 Å². The Balaban J connectivity index is 1.52. The Labute approximate surface area is 174 Å². The monoisotopic (exact) mass is 395 g/mol. The molecule has 156 valence electrons. The van der Waals surface area contributed by atoms with Crippen molar-refractivity contribution < 1.29 is 4.74 Å². The molecule has 0 bridgehead atoms. The van der Waals surface area contributed by atoms with Crippen LogP contribution in [-0.2, 0) is 19.6 Å². The molecule has 0 amide bonds. The Morgan fingerprint density at radius 3 is 2.52 bits per heavy atom. The Hall–Kier alpha value is -2.60. The quantitative estimate of drug-likeness (QED) is 0.530. The standard InChI is InChI=1S/C23H33N5O/c1-3-24-23(27-17-21-11-12-25-22(15-21)29-2)26-16-19-7-9-20(10-8-19)18-28-13-5-4-6-14-28/h7-12,15H,3-6,13-14,16-18H2,1-2H3,(H2,24,26,27). The molecule has 2 aromatic rings. The van der Waals surface area contributed by atoms with E-state index in [2.05, 4.69) is 56.7 Å². The second-order valence-corrected chi connectivity index (χ2v) is 7.41. The van der Waals surface area contributed by atoms with Gasteiger partial charge in [-0.1, -0.05) is 30.7 Å². The molecule has 6 heteroatoms. The summed E-state index contributed by atoms with van der Waals surface area (Å²) in [5.74, 6) is 1.42. The first-order valence-electron chi connectivity index (χ1n) is 10.6. The summed E-state index contributed by atoms with van der Waals surface area (Å²) in [7, 11) is 1.62. The molecule has 0 unspecified atom stereocenters. The second-order valence-electron chi connectivity index (χ2n) is 7.41. The Kier molecular flexibility index (Phi) is 8.31. The molecule has 1 aliphatic rings. The van der Waals surface area contributed by atoms with E-state index in [0.717, 1.165) is 31.2 Å². The van der Waals surface area contributed by atoms with Gasteiger partial charge in [0.25, 0.3) is 0 Å². The average Bonchev–Trinajstić information content (AvgIpc) is 2.77. The largest absolute Gasteiger partial charge is 0.481 e. The molecule has 0 spiro atoms. The molecule has 1 aromatic heterocycles. The van der Waals surface area contributed by atoms with Gasteiger partial charge in [-0.2, -0.15) is 0 Å². The lowest BCUT2D eigenvalue weighted by atomic mass is 10.1. The number of piperidine rings is 1. The summed E-state index contributed by atoms with van der Waals surface area (Å²) in [6, 6.07) is 12.8. The van der Waals surface area contributed by atoms with Crippen molar-refractivity contribution in [3.05, 3.63) is 59.3 Å². The summed E-state index contributed by atoms with van der Waals surface area (Å²) >= 11 is 0. The number of nitrogens with one attached hydrogen (secondary N) is 2. The van der Waals surface area contributed by atoms with Crippen molar-refractivity contribution in [1.29, 1.82) is 0 Å². The first kappa shape index (κ1) is 21.1. The molecule has 0 aliphatic carbocycles. The van der Waals surface area contributed by atoms with E-state index in [0.29, 0.717) is 12.4 Å². The number of rotatable bonds is 8. The maximum Gasteiger partial charge on any atom is 0.213 e. The molecule has 2 heterocycles. The molecule has 0 radical (unpaired) electrons. The zero-order chi connectivity index (χ0) is 20.3. The lowest BCUT2D eigenvalue weighted by Gasteiger charge is -2.26. The molecule has 3 rings (SSSR count). The first-order chi connectivity index (χ1) is 14.3. The molecule has 6 nitrogen and oxygen atoms in total. The van der Waals surface area contributed by atoms with Crippen LogP contribution >= 0.6 is 0 Å². The predicted molar refractivity (Wildman–Crippen MR) is 118 cm³/mol. The molecule has 0 atom stereocenters. The van der Waals surface area contributed by atoms with Crippen LogP contribution in [0.15, 0.2) is 47.6 Å². The lowest BCUT2D eigenvalue weighted by Crippen LogP contribution is -2.36. The van der Waals surface area contributed by atoms with Crippen LogP contribution in [0.25, 0.3) is 0 Å². The van der Waals surface area contributed by atoms with Crippen molar-refractivity contribution in [2.75, 3.05) is 26.7 Å². The highest BCUT2D eigenvalue weighted by Gasteiger charge is 2.10. The van der Waals surface area contributed by atoms with Gasteiger partial charge in [0.05, 0.1) is 13.7 Å². The highest BCUT2D eigenvalue weighted by Crippen LogP contribution is 2.14. The van der Waals surface area contributed by atoms with Crippen molar-refractivity contribution in [2.24, 2.45) is 4.99 Å². The number of benzene rings is 1. The highest BCUT2D eigenvalue weighted by atomic mass is 16.5. The molecule has 1 fully saturated rings.